The van der Waals surface area contributed by atoms with Crippen LogP contribution in [0.15, 0.2) is 53.8 Å². The Morgan fingerprint density at radius 2 is 1.79 bits per heavy atom. The summed E-state index contributed by atoms with van der Waals surface area (Å²) >= 11 is 0. The minimum atomic E-state index is -4.35. The van der Waals surface area contributed by atoms with E-state index in [4.69, 9.17) is 0 Å². The van der Waals surface area contributed by atoms with Gasteiger partial charge in [-0.15, -0.1) is 5.10 Å². The second-order valence-corrected chi connectivity index (χ2v) is 11.3. The Kier molecular flexibility index (Phi) is 7.20. The maximum absolute atomic E-state index is 13.4. The van der Waals surface area contributed by atoms with Crippen LogP contribution < -0.4 is 0 Å². The van der Waals surface area contributed by atoms with E-state index in [-0.39, 0.29) is 37.0 Å². The first kappa shape index (κ1) is 27.2. The van der Waals surface area contributed by atoms with Crippen LogP contribution in [0, 0.1) is 12.7 Å². The summed E-state index contributed by atoms with van der Waals surface area (Å²) in [6.07, 6.45) is -2.54. The Morgan fingerprint density at radius 3 is 2.46 bits per heavy atom. The lowest BCUT2D eigenvalue weighted by molar-refractivity contribution is -0.140. The molecule has 1 aliphatic heterocycles. The van der Waals surface area contributed by atoms with E-state index in [0.29, 0.717) is 17.8 Å². The van der Waals surface area contributed by atoms with Crippen molar-refractivity contribution in [3.63, 3.8) is 0 Å². The fourth-order valence-corrected chi connectivity index (χ4v) is 6.18. The number of aryl methyl sites for hydroxylation is 2. The van der Waals surface area contributed by atoms with Crippen LogP contribution in [0.4, 0.5) is 17.6 Å². The smallest absolute Gasteiger partial charge is 0.293 e. The monoisotopic (exact) mass is 565 g/mol. The van der Waals surface area contributed by atoms with Crippen molar-refractivity contribution in [3.05, 3.63) is 65.7 Å². The minimum absolute atomic E-state index is 0.0272. The second kappa shape index (κ2) is 10.3. The summed E-state index contributed by atoms with van der Waals surface area (Å²) in [7, 11) is -4.01. The number of alkyl halides is 3. The highest BCUT2D eigenvalue weighted by Gasteiger charge is 2.38. The fourth-order valence-electron chi connectivity index (χ4n) is 4.87. The molecule has 14 heteroatoms. The Balaban J connectivity index is 1.51. The van der Waals surface area contributed by atoms with Crippen LogP contribution in [0.2, 0.25) is 0 Å². The molecule has 0 saturated carbocycles. The third-order valence-corrected chi connectivity index (χ3v) is 8.65. The third kappa shape index (κ3) is 5.54. The van der Waals surface area contributed by atoms with Crippen molar-refractivity contribution in [2.24, 2.45) is 0 Å². The van der Waals surface area contributed by atoms with Crippen molar-refractivity contribution in [3.8, 4) is 5.69 Å². The molecule has 9 nitrogen and oxygen atoms in total. The zero-order valence-corrected chi connectivity index (χ0v) is 22.1. The van der Waals surface area contributed by atoms with Gasteiger partial charge in [0.2, 0.25) is 5.03 Å². The average Bonchev–Trinajstić information content (AvgIpc) is 3.54. The number of halogens is 4. The van der Waals surface area contributed by atoms with Gasteiger partial charge in [-0.3, -0.25) is 4.90 Å². The summed E-state index contributed by atoms with van der Waals surface area (Å²) < 4.78 is 82.5. The van der Waals surface area contributed by atoms with E-state index in [0.717, 1.165) is 16.5 Å². The molecule has 0 aliphatic carbocycles. The van der Waals surface area contributed by atoms with Gasteiger partial charge in [-0.05, 0) is 61.4 Å². The maximum Gasteiger partial charge on any atom is 0.390 e. The number of piperazine rings is 1. The van der Waals surface area contributed by atoms with Crippen LogP contribution in [0.1, 0.15) is 30.5 Å². The normalized spacial score (nSPS) is 17.7. The first-order valence-electron chi connectivity index (χ1n) is 12.4. The molecule has 0 radical (unpaired) electrons. The number of rotatable bonds is 7. The number of sulfonamides is 1. The van der Waals surface area contributed by atoms with E-state index < -0.39 is 28.7 Å². The zero-order chi connectivity index (χ0) is 27.9. The summed E-state index contributed by atoms with van der Waals surface area (Å²) in [5.74, 6) is -0.373. The summed E-state index contributed by atoms with van der Waals surface area (Å²) in [5, 5.41) is 12.9. The summed E-state index contributed by atoms with van der Waals surface area (Å²) in [6.45, 7) is 3.85. The molecule has 0 spiro atoms. The topological polar surface area (TPSA) is 89.2 Å². The molecule has 1 atom stereocenters. The zero-order valence-electron chi connectivity index (χ0n) is 21.3. The predicted molar refractivity (Wildman–Crippen MR) is 135 cm³/mol. The molecule has 1 unspecified atom stereocenters. The first-order chi connectivity index (χ1) is 18.5. The van der Waals surface area contributed by atoms with Gasteiger partial charge in [0, 0.05) is 37.6 Å². The average molecular weight is 566 g/mol. The van der Waals surface area contributed by atoms with Crippen LogP contribution >= 0.6 is 0 Å². The van der Waals surface area contributed by atoms with Crippen molar-refractivity contribution in [2.45, 2.75) is 44.1 Å². The molecule has 2 aromatic carbocycles. The SMILES string of the molecule is CCn1ncc(S(=O)(=O)N2CCN(CCC(F)(F)F)C(c3cc4cnn(-c5ccc(F)cc5)c4cc3C)C2)n1. The lowest BCUT2D eigenvalue weighted by atomic mass is 9.96. The summed E-state index contributed by atoms with van der Waals surface area (Å²) in [5.41, 5.74) is 2.87. The van der Waals surface area contributed by atoms with Gasteiger partial charge in [-0.1, -0.05) is 0 Å². The van der Waals surface area contributed by atoms with Gasteiger partial charge in [-0.25, -0.2) is 17.5 Å². The van der Waals surface area contributed by atoms with E-state index >= 15 is 0 Å². The van der Waals surface area contributed by atoms with Crippen molar-refractivity contribution in [1.82, 2.24) is 34.0 Å². The molecule has 39 heavy (non-hydrogen) atoms. The molecule has 3 heterocycles. The molecule has 5 rings (SSSR count). The van der Waals surface area contributed by atoms with E-state index in [9.17, 15) is 26.0 Å². The Morgan fingerprint density at radius 1 is 1.05 bits per heavy atom. The molecule has 208 valence electrons. The van der Waals surface area contributed by atoms with Gasteiger partial charge < -0.3 is 0 Å². The number of fused-ring (bicyclic) bond motifs is 1. The van der Waals surface area contributed by atoms with Crippen LogP contribution in [-0.4, -0.2) is 74.8 Å². The highest BCUT2D eigenvalue weighted by Crippen LogP contribution is 2.34. The molecule has 1 saturated heterocycles. The Bertz CT molecular complexity index is 1580. The maximum atomic E-state index is 13.4. The number of hydrogen-bond donors (Lipinski definition) is 0. The van der Waals surface area contributed by atoms with Crippen molar-refractivity contribution in [1.29, 1.82) is 0 Å². The van der Waals surface area contributed by atoms with Gasteiger partial charge in [0.1, 0.15) is 5.82 Å². The van der Waals surface area contributed by atoms with Crippen LogP contribution in [0.3, 0.4) is 0 Å². The molecular formula is C25H27F4N7O2S. The quantitative estimate of drug-likeness (QED) is 0.314. The van der Waals surface area contributed by atoms with E-state index in [1.807, 2.05) is 19.1 Å². The van der Waals surface area contributed by atoms with Crippen LogP contribution in [0.5, 0.6) is 0 Å². The van der Waals surface area contributed by atoms with Gasteiger partial charge in [0.05, 0.1) is 36.6 Å². The molecule has 2 aromatic heterocycles. The van der Waals surface area contributed by atoms with E-state index in [2.05, 4.69) is 15.3 Å². The Labute approximate surface area is 222 Å². The molecule has 1 fully saturated rings. The lowest BCUT2D eigenvalue weighted by Crippen LogP contribution is -2.51. The molecule has 0 bridgehead atoms. The fraction of sp³-hybridized carbons (Fsp3) is 0.400. The largest absolute Gasteiger partial charge is 0.390 e. The summed E-state index contributed by atoms with van der Waals surface area (Å²) in [4.78, 5) is 2.95. The lowest BCUT2D eigenvalue weighted by Gasteiger charge is -2.41. The predicted octanol–water partition coefficient (Wildman–Crippen LogP) is 4.08. The first-order valence-corrected chi connectivity index (χ1v) is 13.9. The van der Waals surface area contributed by atoms with Gasteiger partial charge >= 0.3 is 6.18 Å². The highest BCUT2D eigenvalue weighted by atomic mass is 32.2. The number of benzene rings is 2. The van der Waals surface area contributed by atoms with Gasteiger partial charge in [0.25, 0.3) is 10.0 Å². The van der Waals surface area contributed by atoms with Crippen molar-refractivity contribution >= 4 is 20.9 Å². The second-order valence-electron chi connectivity index (χ2n) is 9.45. The number of aromatic nitrogens is 5. The molecule has 0 N–H and O–H groups in total. The van der Waals surface area contributed by atoms with Crippen molar-refractivity contribution in [2.75, 3.05) is 26.2 Å². The van der Waals surface area contributed by atoms with Gasteiger partial charge in [0.15, 0.2) is 0 Å². The minimum Gasteiger partial charge on any atom is -0.293 e. The van der Waals surface area contributed by atoms with E-state index in [1.165, 1.54) is 27.4 Å². The third-order valence-electron chi connectivity index (χ3n) is 6.92. The molecule has 0 amide bonds. The summed E-state index contributed by atoms with van der Waals surface area (Å²) in [6, 6.07) is 8.94. The standard InChI is InChI=1S/C25H27F4N7O2S/c1-3-35-30-15-24(32-35)39(37,38)34-11-10-33(9-8-25(27,28)29)23(16-34)21-13-18-14-31-36(22(18)12-17(21)2)20-6-4-19(26)5-7-20/h4-7,12-15,23H,3,8-11,16H2,1-2H3. The Hall–Kier alpha value is -3.36. The number of nitrogens with zero attached hydrogens (tertiary/aromatic N) is 7. The van der Waals surface area contributed by atoms with E-state index in [1.54, 1.807) is 34.8 Å². The van der Waals surface area contributed by atoms with Crippen LogP contribution in [-0.2, 0) is 16.6 Å². The number of hydrogen-bond acceptors (Lipinski definition) is 6. The van der Waals surface area contributed by atoms with Crippen molar-refractivity contribution < 1.29 is 26.0 Å². The molecular weight excluding hydrogens is 538 g/mol. The van der Waals surface area contributed by atoms with Crippen LogP contribution in [0.25, 0.3) is 16.6 Å². The molecule has 1 aliphatic rings. The van der Waals surface area contributed by atoms with Gasteiger partial charge in [-0.2, -0.15) is 32.5 Å². The molecule has 4 aromatic rings. The highest BCUT2D eigenvalue weighted by molar-refractivity contribution is 7.89.